The summed E-state index contributed by atoms with van der Waals surface area (Å²) in [5, 5.41) is 4.48. The van der Waals surface area contributed by atoms with Crippen LogP contribution in [-0.4, -0.2) is 24.0 Å². The number of carbonyl (C=O) groups excluding carboxylic acids is 1. The Balaban J connectivity index is 2.40. The molecule has 1 amide bonds. The van der Waals surface area contributed by atoms with Crippen molar-refractivity contribution in [1.29, 1.82) is 0 Å². The van der Waals surface area contributed by atoms with Crippen molar-refractivity contribution < 1.29 is 4.79 Å². The second kappa shape index (κ2) is 9.67. The molecular formula is C14H19BrClNOS. The number of thioether (sulfide) groups is 1. The highest BCUT2D eigenvalue weighted by molar-refractivity contribution is 9.09. The molecule has 0 aliphatic rings. The molecule has 0 atom stereocenters. The molecule has 19 heavy (non-hydrogen) atoms. The fourth-order valence-electron chi connectivity index (χ4n) is 1.68. The Morgan fingerprint density at radius 3 is 2.74 bits per heavy atom. The predicted octanol–water partition coefficient (Wildman–Crippen LogP) is 4.75. The first kappa shape index (κ1) is 16.9. The Kier molecular flexibility index (Phi) is 8.58. The highest BCUT2D eigenvalue weighted by Crippen LogP contribution is 2.22. The molecule has 0 fully saturated rings. The summed E-state index contributed by atoms with van der Waals surface area (Å²) in [7, 11) is 0. The Labute approximate surface area is 132 Å². The lowest BCUT2D eigenvalue weighted by Crippen LogP contribution is -2.24. The minimum atomic E-state index is -0.0820. The topological polar surface area (TPSA) is 29.1 Å². The number of unbranched alkanes of at least 4 members (excludes halogenated alkanes) is 3. The zero-order chi connectivity index (χ0) is 14.1. The van der Waals surface area contributed by atoms with E-state index in [9.17, 15) is 4.79 Å². The highest BCUT2D eigenvalue weighted by Gasteiger charge is 2.10. The lowest BCUT2D eigenvalue weighted by Gasteiger charge is -2.08. The molecule has 0 saturated heterocycles. The molecule has 0 unspecified atom stereocenters. The second-order valence-corrected chi connectivity index (χ2v) is 6.28. The summed E-state index contributed by atoms with van der Waals surface area (Å²) in [6.07, 6.45) is 6.53. The number of amides is 1. The van der Waals surface area contributed by atoms with E-state index in [1.807, 2.05) is 18.4 Å². The van der Waals surface area contributed by atoms with Crippen LogP contribution in [0, 0.1) is 0 Å². The van der Waals surface area contributed by atoms with E-state index in [0.717, 1.165) is 23.1 Å². The van der Waals surface area contributed by atoms with Crippen LogP contribution in [0.2, 0.25) is 5.02 Å². The first-order chi connectivity index (χ1) is 9.19. The summed E-state index contributed by atoms with van der Waals surface area (Å²) in [5.74, 6) is -0.0820. The molecule has 0 aliphatic heterocycles. The van der Waals surface area contributed by atoms with Crippen LogP contribution >= 0.6 is 39.3 Å². The molecule has 0 aromatic heterocycles. The summed E-state index contributed by atoms with van der Waals surface area (Å²) in [4.78, 5) is 13.1. The molecule has 0 saturated carbocycles. The van der Waals surface area contributed by atoms with Crippen molar-refractivity contribution in [3.8, 4) is 0 Å². The van der Waals surface area contributed by atoms with Gasteiger partial charge < -0.3 is 5.32 Å². The number of benzene rings is 1. The fraction of sp³-hybridized carbons (Fsp3) is 0.500. The SMILES string of the molecule is CSc1ccc(Cl)c(C(=O)NCCCCCCBr)c1. The molecule has 1 aromatic rings. The van der Waals surface area contributed by atoms with Crippen molar-refractivity contribution in [2.75, 3.05) is 18.1 Å². The maximum atomic E-state index is 12.0. The van der Waals surface area contributed by atoms with Crippen molar-refractivity contribution in [3.05, 3.63) is 28.8 Å². The van der Waals surface area contributed by atoms with Crippen LogP contribution in [0.1, 0.15) is 36.0 Å². The fourth-order valence-corrected chi connectivity index (χ4v) is 2.72. The van der Waals surface area contributed by atoms with Gasteiger partial charge in [-0.15, -0.1) is 11.8 Å². The van der Waals surface area contributed by atoms with Gasteiger partial charge in [-0.3, -0.25) is 4.79 Å². The molecule has 0 radical (unpaired) electrons. The molecule has 1 rings (SSSR count). The Bertz CT molecular complexity index is 414. The molecule has 1 N–H and O–H groups in total. The van der Waals surface area contributed by atoms with Gasteiger partial charge in [-0.25, -0.2) is 0 Å². The van der Waals surface area contributed by atoms with E-state index >= 15 is 0 Å². The third-order valence-electron chi connectivity index (χ3n) is 2.76. The van der Waals surface area contributed by atoms with Crippen molar-refractivity contribution >= 4 is 45.2 Å². The van der Waals surface area contributed by atoms with Gasteiger partial charge >= 0.3 is 0 Å². The van der Waals surface area contributed by atoms with Gasteiger partial charge in [0.25, 0.3) is 5.91 Å². The zero-order valence-corrected chi connectivity index (χ0v) is 14.2. The Morgan fingerprint density at radius 1 is 1.32 bits per heavy atom. The smallest absolute Gasteiger partial charge is 0.252 e. The maximum Gasteiger partial charge on any atom is 0.252 e. The zero-order valence-electron chi connectivity index (χ0n) is 11.0. The average molecular weight is 365 g/mol. The number of carbonyl (C=O) groups is 1. The van der Waals surface area contributed by atoms with E-state index in [2.05, 4.69) is 21.2 Å². The lowest BCUT2D eigenvalue weighted by atomic mass is 10.2. The molecule has 5 heteroatoms. The normalized spacial score (nSPS) is 10.5. The molecule has 2 nitrogen and oxygen atoms in total. The van der Waals surface area contributed by atoms with Gasteiger partial charge in [-0.05, 0) is 37.3 Å². The van der Waals surface area contributed by atoms with E-state index in [0.29, 0.717) is 17.1 Å². The molecular weight excluding hydrogens is 346 g/mol. The Hall–Kier alpha value is -0.190. The van der Waals surface area contributed by atoms with Crippen LogP contribution in [0.3, 0.4) is 0 Å². The molecule has 1 aromatic carbocycles. The van der Waals surface area contributed by atoms with E-state index in [1.54, 1.807) is 17.8 Å². The van der Waals surface area contributed by atoms with Gasteiger partial charge in [0.15, 0.2) is 0 Å². The summed E-state index contributed by atoms with van der Waals surface area (Å²) in [5.41, 5.74) is 0.564. The lowest BCUT2D eigenvalue weighted by molar-refractivity contribution is 0.0953. The van der Waals surface area contributed by atoms with Gasteiger partial charge in [0, 0.05) is 16.8 Å². The van der Waals surface area contributed by atoms with Crippen LogP contribution < -0.4 is 5.32 Å². The maximum absolute atomic E-state index is 12.0. The number of hydrogen-bond acceptors (Lipinski definition) is 2. The quantitative estimate of drug-likeness (QED) is 0.410. The van der Waals surface area contributed by atoms with E-state index in [4.69, 9.17) is 11.6 Å². The average Bonchev–Trinajstić information content (AvgIpc) is 2.43. The molecule has 0 aliphatic carbocycles. The summed E-state index contributed by atoms with van der Waals surface area (Å²) in [6, 6.07) is 5.54. The van der Waals surface area contributed by atoms with Crippen molar-refractivity contribution in [2.24, 2.45) is 0 Å². The monoisotopic (exact) mass is 363 g/mol. The third-order valence-corrected chi connectivity index (χ3v) is 4.38. The number of alkyl halides is 1. The van der Waals surface area contributed by atoms with Crippen LogP contribution in [0.25, 0.3) is 0 Å². The van der Waals surface area contributed by atoms with Gasteiger partial charge in [-0.1, -0.05) is 40.4 Å². The molecule has 0 spiro atoms. The van der Waals surface area contributed by atoms with Crippen molar-refractivity contribution in [3.63, 3.8) is 0 Å². The molecule has 106 valence electrons. The first-order valence-corrected chi connectivity index (χ1v) is 9.09. The van der Waals surface area contributed by atoms with Crippen molar-refractivity contribution in [1.82, 2.24) is 5.32 Å². The number of hydrogen-bond donors (Lipinski definition) is 1. The van der Waals surface area contributed by atoms with E-state index < -0.39 is 0 Å². The van der Waals surface area contributed by atoms with Gasteiger partial charge in [-0.2, -0.15) is 0 Å². The van der Waals surface area contributed by atoms with Crippen LogP contribution in [0.15, 0.2) is 23.1 Å². The van der Waals surface area contributed by atoms with Crippen LogP contribution in [0.4, 0.5) is 0 Å². The first-order valence-electron chi connectivity index (χ1n) is 6.36. The van der Waals surface area contributed by atoms with Crippen LogP contribution in [0.5, 0.6) is 0 Å². The predicted molar refractivity (Wildman–Crippen MR) is 87.8 cm³/mol. The highest BCUT2D eigenvalue weighted by atomic mass is 79.9. The third kappa shape index (κ3) is 6.19. The van der Waals surface area contributed by atoms with Gasteiger partial charge in [0.05, 0.1) is 10.6 Å². The Morgan fingerprint density at radius 2 is 2.05 bits per heavy atom. The van der Waals surface area contributed by atoms with Gasteiger partial charge in [0.2, 0.25) is 0 Å². The number of nitrogens with one attached hydrogen (secondary N) is 1. The van der Waals surface area contributed by atoms with E-state index in [-0.39, 0.29) is 5.91 Å². The largest absolute Gasteiger partial charge is 0.352 e. The summed E-state index contributed by atoms with van der Waals surface area (Å²) < 4.78 is 0. The summed E-state index contributed by atoms with van der Waals surface area (Å²) >= 11 is 11.1. The summed E-state index contributed by atoms with van der Waals surface area (Å²) in [6.45, 7) is 0.709. The minimum Gasteiger partial charge on any atom is -0.352 e. The number of halogens is 2. The minimum absolute atomic E-state index is 0.0820. The van der Waals surface area contributed by atoms with Crippen molar-refractivity contribution in [2.45, 2.75) is 30.6 Å². The number of rotatable bonds is 8. The molecule has 0 heterocycles. The molecule has 0 bridgehead atoms. The van der Waals surface area contributed by atoms with E-state index in [1.165, 1.54) is 12.8 Å². The standard InChI is InChI=1S/C14H19BrClNOS/c1-19-11-6-7-13(16)12(10-11)14(18)17-9-5-3-2-4-8-15/h6-7,10H,2-5,8-9H2,1H3,(H,17,18). The van der Waals surface area contributed by atoms with Gasteiger partial charge in [0.1, 0.15) is 0 Å². The second-order valence-electron chi connectivity index (χ2n) is 4.20. The van der Waals surface area contributed by atoms with Crippen LogP contribution in [-0.2, 0) is 0 Å².